The van der Waals surface area contributed by atoms with Gasteiger partial charge in [0, 0.05) is 12.1 Å². The molecule has 21 heavy (non-hydrogen) atoms. The van der Waals surface area contributed by atoms with Gasteiger partial charge in [-0.05, 0) is 54.4 Å². The standard InChI is InChI=1S/C13H19N7S/c1-8-9(2)15-16-12(11(8)7-14)21-13-17-18-19-20(13)10-5-3-4-6-10/h10H,3-7,14H2,1-2H3. The third kappa shape index (κ3) is 2.77. The maximum absolute atomic E-state index is 5.87. The molecule has 2 aromatic heterocycles. The maximum atomic E-state index is 5.87. The molecular formula is C13H19N7S. The monoisotopic (exact) mass is 305 g/mol. The summed E-state index contributed by atoms with van der Waals surface area (Å²) in [6.45, 7) is 4.41. The molecule has 8 heteroatoms. The Morgan fingerprint density at radius 3 is 2.67 bits per heavy atom. The van der Waals surface area contributed by atoms with Crippen molar-refractivity contribution in [3.05, 3.63) is 16.8 Å². The molecule has 0 aromatic carbocycles. The van der Waals surface area contributed by atoms with E-state index in [1.54, 1.807) is 0 Å². The molecule has 0 saturated heterocycles. The smallest absolute Gasteiger partial charge is 0.215 e. The lowest BCUT2D eigenvalue weighted by molar-refractivity contribution is 0.423. The maximum Gasteiger partial charge on any atom is 0.215 e. The van der Waals surface area contributed by atoms with Gasteiger partial charge in [-0.15, -0.1) is 10.2 Å². The van der Waals surface area contributed by atoms with Gasteiger partial charge in [0.25, 0.3) is 0 Å². The van der Waals surface area contributed by atoms with Crippen molar-refractivity contribution in [2.75, 3.05) is 0 Å². The Bertz CT molecular complexity index is 633. The molecular weight excluding hydrogens is 286 g/mol. The van der Waals surface area contributed by atoms with Gasteiger partial charge in [0.15, 0.2) is 0 Å². The minimum absolute atomic E-state index is 0.406. The number of nitrogens with two attached hydrogens (primary N) is 1. The fourth-order valence-corrected chi connectivity index (χ4v) is 3.64. The van der Waals surface area contributed by atoms with Crippen LogP contribution in [0.5, 0.6) is 0 Å². The van der Waals surface area contributed by atoms with Crippen LogP contribution in [0, 0.1) is 13.8 Å². The van der Waals surface area contributed by atoms with Crippen LogP contribution in [0.15, 0.2) is 10.2 Å². The average Bonchev–Trinajstić information content (AvgIpc) is 3.14. The molecule has 1 aliphatic rings. The van der Waals surface area contributed by atoms with Crippen LogP contribution in [-0.2, 0) is 6.54 Å². The molecule has 1 fully saturated rings. The average molecular weight is 305 g/mol. The fraction of sp³-hybridized carbons (Fsp3) is 0.615. The number of hydrogen-bond donors (Lipinski definition) is 1. The Morgan fingerprint density at radius 2 is 1.95 bits per heavy atom. The van der Waals surface area contributed by atoms with Crippen LogP contribution in [0.25, 0.3) is 0 Å². The number of aromatic nitrogens is 6. The topological polar surface area (TPSA) is 95.4 Å². The van der Waals surface area contributed by atoms with E-state index >= 15 is 0 Å². The van der Waals surface area contributed by atoms with Gasteiger partial charge in [0.1, 0.15) is 5.03 Å². The molecule has 0 spiro atoms. The van der Waals surface area contributed by atoms with Crippen LogP contribution in [0.1, 0.15) is 48.5 Å². The van der Waals surface area contributed by atoms with Crippen LogP contribution in [0.4, 0.5) is 0 Å². The second-order valence-corrected chi connectivity index (χ2v) is 6.30. The number of tetrazole rings is 1. The van der Waals surface area contributed by atoms with Crippen LogP contribution in [-0.4, -0.2) is 30.4 Å². The molecule has 0 aliphatic heterocycles. The Balaban J connectivity index is 1.91. The van der Waals surface area contributed by atoms with E-state index in [-0.39, 0.29) is 0 Å². The molecule has 3 rings (SSSR count). The summed E-state index contributed by atoms with van der Waals surface area (Å²) >= 11 is 1.46. The van der Waals surface area contributed by atoms with E-state index in [2.05, 4.69) is 25.7 Å². The van der Waals surface area contributed by atoms with Crippen molar-refractivity contribution in [2.45, 2.75) is 62.3 Å². The van der Waals surface area contributed by atoms with Crippen molar-refractivity contribution >= 4 is 11.8 Å². The lowest BCUT2D eigenvalue weighted by atomic mass is 10.1. The summed E-state index contributed by atoms with van der Waals surface area (Å²) in [7, 11) is 0. The van der Waals surface area contributed by atoms with Crippen molar-refractivity contribution < 1.29 is 0 Å². The molecule has 2 N–H and O–H groups in total. The third-order valence-electron chi connectivity index (χ3n) is 4.07. The van der Waals surface area contributed by atoms with Gasteiger partial charge in [-0.25, -0.2) is 4.68 Å². The minimum atomic E-state index is 0.406. The molecule has 7 nitrogen and oxygen atoms in total. The van der Waals surface area contributed by atoms with Gasteiger partial charge in [-0.1, -0.05) is 12.8 Å². The zero-order valence-corrected chi connectivity index (χ0v) is 13.1. The molecule has 0 atom stereocenters. The highest BCUT2D eigenvalue weighted by atomic mass is 32.2. The molecule has 0 radical (unpaired) electrons. The van der Waals surface area contributed by atoms with Crippen molar-refractivity contribution in [3.8, 4) is 0 Å². The molecule has 0 bridgehead atoms. The van der Waals surface area contributed by atoms with Gasteiger partial charge in [-0.3, -0.25) is 0 Å². The SMILES string of the molecule is Cc1nnc(Sc2nnnn2C2CCCC2)c(CN)c1C. The van der Waals surface area contributed by atoms with Gasteiger partial charge in [0.05, 0.1) is 11.7 Å². The summed E-state index contributed by atoms with van der Waals surface area (Å²) in [6, 6.07) is 0.406. The van der Waals surface area contributed by atoms with E-state index < -0.39 is 0 Å². The van der Waals surface area contributed by atoms with Crippen LogP contribution < -0.4 is 5.73 Å². The predicted octanol–water partition coefficient (Wildman–Crippen LogP) is 1.80. The summed E-state index contributed by atoms with van der Waals surface area (Å²) in [5, 5.41) is 22.1. The molecule has 2 aromatic rings. The van der Waals surface area contributed by atoms with E-state index in [4.69, 9.17) is 5.73 Å². The molecule has 0 amide bonds. The Labute approximate surface area is 127 Å². The van der Waals surface area contributed by atoms with Crippen LogP contribution in [0.3, 0.4) is 0 Å². The quantitative estimate of drug-likeness (QED) is 0.920. The largest absolute Gasteiger partial charge is 0.326 e. The van der Waals surface area contributed by atoms with Gasteiger partial charge in [-0.2, -0.15) is 5.10 Å². The van der Waals surface area contributed by atoms with Crippen molar-refractivity contribution in [3.63, 3.8) is 0 Å². The van der Waals surface area contributed by atoms with E-state index in [1.165, 1.54) is 24.6 Å². The number of rotatable bonds is 4. The summed E-state index contributed by atoms with van der Waals surface area (Å²) in [5.41, 5.74) is 8.90. The molecule has 112 valence electrons. The van der Waals surface area contributed by atoms with E-state index in [9.17, 15) is 0 Å². The normalized spacial score (nSPS) is 15.8. The van der Waals surface area contributed by atoms with E-state index in [1.807, 2.05) is 18.5 Å². The second-order valence-electron chi connectivity index (χ2n) is 5.34. The van der Waals surface area contributed by atoms with Gasteiger partial charge < -0.3 is 5.73 Å². The van der Waals surface area contributed by atoms with Crippen LogP contribution in [0.2, 0.25) is 0 Å². The zero-order chi connectivity index (χ0) is 14.8. The molecule has 0 unspecified atom stereocenters. The van der Waals surface area contributed by atoms with Crippen LogP contribution >= 0.6 is 11.8 Å². The first-order chi connectivity index (χ1) is 10.2. The first-order valence-corrected chi connectivity index (χ1v) is 8.01. The number of aryl methyl sites for hydroxylation is 1. The zero-order valence-electron chi connectivity index (χ0n) is 12.3. The molecule has 2 heterocycles. The minimum Gasteiger partial charge on any atom is -0.326 e. The highest BCUT2D eigenvalue weighted by Gasteiger charge is 2.23. The summed E-state index contributed by atoms with van der Waals surface area (Å²) in [6.07, 6.45) is 4.76. The van der Waals surface area contributed by atoms with Crippen molar-refractivity contribution in [2.24, 2.45) is 5.73 Å². The first kappa shape index (κ1) is 14.4. The summed E-state index contributed by atoms with van der Waals surface area (Å²) in [4.78, 5) is 0. The third-order valence-corrected chi connectivity index (χ3v) is 5.04. The van der Waals surface area contributed by atoms with Crippen molar-refractivity contribution in [1.82, 2.24) is 30.4 Å². The van der Waals surface area contributed by atoms with E-state index in [0.29, 0.717) is 12.6 Å². The van der Waals surface area contributed by atoms with Gasteiger partial charge >= 0.3 is 0 Å². The summed E-state index contributed by atoms with van der Waals surface area (Å²) < 4.78 is 1.93. The highest BCUT2D eigenvalue weighted by Crippen LogP contribution is 2.34. The predicted molar refractivity (Wildman–Crippen MR) is 78.8 cm³/mol. The lowest BCUT2D eigenvalue weighted by Gasteiger charge is -2.12. The Kier molecular flexibility index (Phi) is 4.16. The molecule has 1 aliphatic carbocycles. The Hall–Kier alpha value is -1.54. The first-order valence-electron chi connectivity index (χ1n) is 7.19. The van der Waals surface area contributed by atoms with Crippen molar-refractivity contribution in [1.29, 1.82) is 0 Å². The fourth-order valence-electron chi connectivity index (χ4n) is 2.67. The van der Waals surface area contributed by atoms with Gasteiger partial charge in [0.2, 0.25) is 5.16 Å². The number of hydrogen-bond acceptors (Lipinski definition) is 7. The summed E-state index contributed by atoms with van der Waals surface area (Å²) in [5.74, 6) is 0. The van der Waals surface area contributed by atoms with E-state index in [0.717, 1.165) is 39.8 Å². The lowest BCUT2D eigenvalue weighted by Crippen LogP contribution is -2.10. The second kappa shape index (κ2) is 6.07. The highest BCUT2D eigenvalue weighted by molar-refractivity contribution is 7.99. The Morgan fingerprint density at radius 1 is 1.19 bits per heavy atom. The number of nitrogens with zero attached hydrogens (tertiary/aromatic N) is 6. The molecule has 1 saturated carbocycles.